The highest BCUT2D eigenvalue weighted by Gasteiger charge is 2.27. The molecule has 25 heavy (non-hydrogen) atoms. The number of hydrogen-bond donors (Lipinski definition) is 1. The van der Waals surface area contributed by atoms with Crippen molar-refractivity contribution in [2.75, 3.05) is 17.2 Å². The molecule has 1 aliphatic rings. The molecule has 1 heterocycles. The summed E-state index contributed by atoms with van der Waals surface area (Å²) in [4.78, 5) is 25.8. The number of benzene rings is 2. The van der Waals surface area contributed by atoms with Crippen LogP contribution < -0.4 is 10.6 Å². The van der Waals surface area contributed by atoms with Gasteiger partial charge in [-0.2, -0.15) is 0 Å². The van der Waals surface area contributed by atoms with Crippen LogP contribution in [-0.4, -0.2) is 22.6 Å². The quantitative estimate of drug-likeness (QED) is 0.390. The van der Waals surface area contributed by atoms with Crippen LogP contribution in [0.5, 0.6) is 0 Å². The van der Waals surface area contributed by atoms with Gasteiger partial charge in [0.15, 0.2) is 0 Å². The van der Waals surface area contributed by atoms with Gasteiger partial charge in [-0.15, -0.1) is 11.8 Å². The van der Waals surface area contributed by atoms with Crippen molar-refractivity contribution in [3.63, 3.8) is 0 Å². The number of non-ortho nitro benzene ring substituents is 1. The summed E-state index contributed by atoms with van der Waals surface area (Å²) < 4.78 is 0. The minimum Gasteiger partial charge on any atom is -0.398 e. The first-order valence-corrected chi connectivity index (χ1v) is 8.95. The van der Waals surface area contributed by atoms with Crippen LogP contribution in [0.4, 0.5) is 17.1 Å². The molecule has 1 amide bonds. The summed E-state index contributed by atoms with van der Waals surface area (Å²) in [5.41, 5.74) is 8.75. The SMILES string of the molecule is CC(Sc1ccc([N+](=O)[O-])cc1)C(=O)N1CCCc2c(N)cccc21. The third-order valence-electron chi connectivity index (χ3n) is 4.26. The number of carbonyl (C=O) groups excluding carboxylic acids is 1. The van der Waals surface area contributed by atoms with Gasteiger partial charge < -0.3 is 10.6 Å². The summed E-state index contributed by atoms with van der Waals surface area (Å²) in [7, 11) is 0. The molecule has 0 fully saturated rings. The van der Waals surface area contributed by atoms with Crippen LogP contribution in [0, 0.1) is 10.1 Å². The van der Waals surface area contributed by atoms with E-state index >= 15 is 0 Å². The van der Waals surface area contributed by atoms with Crippen molar-refractivity contribution < 1.29 is 9.72 Å². The molecule has 130 valence electrons. The van der Waals surface area contributed by atoms with Gasteiger partial charge in [-0.3, -0.25) is 14.9 Å². The molecule has 1 aliphatic heterocycles. The Morgan fingerprint density at radius 2 is 2.00 bits per heavy atom. The lowest BCUT2D eigenvalue weighted by atomic mass is 9.99. The third kappa shape index (κ3) is 3.61. The number of nitrogens with two attached hydrogens (primary N) is 1. The van der Waals surface area contributed by atoms with Crippen LogP contribution in [0.3, 0.4) is 0 Å². The first-order valence-electron chi connectivity index (χ1n) is 8.07. The van der Waals surface area contributed by atoms with E-state index < -0.39 is 4.92 Å². The number of nitrogen functional groups attached to an aromatic ring is 1. The second kappa shape index (κ2) is 7.14. The number of anilines is 2. The number of nitro benzene ring substituents is 1. The van der Waals surface area contributed by atoms with E-state index in [4.69, 9.17) is 5.73 Å². The number of hydrogen-bond acceptors (Lipinski definition) is 5. The van der Waals surface area contributed by atoms with E-state index in [1.54, 1.807) is 17.0 Å². The predicted octanol–water partition coefficient (Wildman–Crippen LogP) is 3.64. The highest BCUT2D eigenvalue weighted by molar-refractivity contribution is 8.00. The fraction of sp³-hybridized carbons (Fsp3) is 0.278. The maximum atomic E-state index is 12.9. The zero-order chi connectivity index (χ0) is 18.0. The molecule has 2 aromatic carbocycles. The summed E-state index contributed by atoms with van der Waals surface area (Å²) in [6.07, 6.45) is 1.78. The first kappa shape index (κ1) is 17.3. The molecule has 0 saturated carbocycles. The number of amides is 1. The Kier molecular flexibility index (Phi) is 4.94. The zero-order valence-electron chi connectivity index (χ0n) is 13.8. The van der Waals surface area contributed by atoms with E-state index in [1.165, 1.54) is 23.9 Å². The van der Waals surface area contributed by atoms with Gasteiger partial charge in [-0.25, -0.2) is 0 Å². The van der Waals surface area contributed by atoms with Gasteiger partial charge >= 0.3 is 0 Å². The largest absolute Gasteiger partial charge is 0.398 e. The van der Waals surface area contributed by atoms with Crippen molar-refractivity contribution in [2.45, 2.75) is 29.9 Å². The van der Waals surface area contributed by atoms with Crippen molar-refractivity contribution in [1.82, 2.24) is 0 Å². The molecule has 6 nitrogen and oxygen atoms in total. The van der Waals surface area contributed by atoms with Crippen molar-refractivity contribution in [3.05, 3.63) is 58.1 Å². The number of carbonyl (C=O) groups is 1. The Hall–Kier alpha value is -2.54. The number of thioether (sulfide) groups is 1. The minimum atomic E-state index is -0.432. The summed E-state index contributed by atoms with van der Waals surface area (Å²) in [6.45, 7) is 2.54. The van der Waals surface area contributed by atoms with Crippen molar-refractivity contribution in [1.29, 1.82) is 0 Å². The van der Waals surface area contributed by atoms with E-state index in [2.05, 4.69) is 0 Å². The third-order valence-corrected chi connectivity index (χ3v) is 5.36. The lowest BCUT2D eigenvalue weighted by Gasteiger charge is -2.32. The number of fused-ring (bicyclic) bond motifs is 1. The topological polar surface area (TPSA) is 89.5 Å². The average Bonchev–Trinajstić information content (AvgIpc) is 2.61. The molecule has 0 bridgehead atoms. The molecular weight excluding hydrogens is 338 g/mol. The van der Waals surface area contributed by atoms with Crippen molar-refractivity contribution >= 4 is 34.7 Å². The maximum absolute atomic E-state index is 12.9. The summed E-state index contributed by atoms with van der Waals surface area (Å²) >= 11 is 1.40. The standard InChI is InChI=1S/C18H19N3O3S/c1-12(25-14-9-7-13(8-10-14)21(23)24)18(22)20-11-3-4-15-16(19)5-2-6-17(15)20/h2,5-10,12H,3-4,11,19H2,1H3. The lowest BCUT2D eigenvalue weighted by Crippen LogP contribution is -2.40. The van der Waals surface area contributed by atoms with Gasteiger partial charge in [-0.05, 0) is 49.6 Å². The van der Waals surface area contributed by atoms with Crippen LogP contribution >= 0.6 is 11.8 Å². The minimum absolute atomic E-state index is 0.0231. The fourth-order valence-corrected chi connectivity index (χ4v) is 3.93. The second-order valence-corrected chi connectivity index (χ2v) is 7.36. The molecule has 0 aromatic heterocycles. The second-order valence-electron chi connectivity index (χ2n) is 5.95. The van der Waals surface area contributed by atoms with Crippen molar-refractivity contribution in [2.24, 2.45) is 0 Å². The molecule has 0 spiro atoms. The Morgan fingerprint density at radius 1 is 1.28 bits per heavy atom. The van der Waals surface area contributed by atoms with E-state index in [-0.39, 0.29) is 16.8 Å². The smallest absolute Gasteiger partial charge is 0.269 e. The first-order chi connectivity index (χ1) is 12.0. The molecule has 3 rings (SSSR count). The van der Waals surface area contributed by atoms with Crippen molar-refractivity contribution in [3.8, 4) is 0 Å². The molecule has 2 N–H and O–H groups in total. The molecule has 2 aromatic rings. The molecular formula is C18H19N3O3S. The predicted molar refractivity (Wildman–Crippen MR) is 99.9 cm³/mol. The number of nitro groups is 1. The Bertz CT molecular complexity index is 808. The molecule has 1 atom stereocenters. The Balaban J connectivity index is 1.75. The van der Waals surface area contributed by atoms with E-state index in [0.717, 1.165) is 34.7 Å². The Labute approximate surface area is 150 Å². The normalized spacial score (nSPS) is 14.7. The lowest BCUT2D eigenvalue weighted by molar-refractivity contribution is -0.384. The van der Waals surface area contributed by atoms with Gasteiger partial charge in [0.05, 0.1) is 10.2 Å². The van der Waals surface area contributed by atoms with Crippen LogP contribution in [0.2, 0.25) is 0 Å². The van der Waals surface area contributed by atoms with E-state index in [9.17, 15) is 14.9 Å². The van der Waals surface area contributed by atoms with Crippen LogP contribution in [0.15, 0.2) is 47.4 Å². The summed E-state index contributed by atoms with van der Waals surface area (Å²) in [5.74, 6) is 0.0231. The molecule has 7 heteroatoms. The average molecular weight is 357 g/mol. The Morgan fingerprint density at radius 3 is 2.68 bits per heavy atom. The molecule has 0 saturated heterocycles. The van der Waals surface area contributed by atoms with E-state index in [0.29, 0.717) is 6.54 Å². The fourth-order valence-electron chi connectivity index (χ4n) is 3.00. The van der Waals surface area contributed by atoms with Gasteiger partial charge in [0, 0.05) is 34.9 Å². The molecule has 1 unspecified atom stereocenters. The summed E-state index contributed by atoms with van der Waals surface area (Å²) in [5, 5.41) is 10.4. The number of rotatable bonds is 4. The summed E-state index contributed by atoms with van der Waals surface area (Å²) in [6, 6.07) is 11.9. The van der Waals surface area contributed by atoms with E-state index in [1.807, 2.05) is 25.1 Å². The van der Waals surface area contributed by atoms with Gasteiger partial charge in [-0.1, -0.05) is 6.07 Å². The highest BCUT2D eigenvalue weighted by Crippen LogP contribution is 2.34. The highest BCUT2D eigenvalue weighted by atomic mass is 32.2. The number of nitrogens with zero attached hydrogens (tertiary/aromatic N) is 2. The monoisotopic (exact) mass is 357 g/mol. The van der Waals surface area contributed by atoms with Gasteiger partial charge in [0.2, 0.25) is 5.91 Å². The van der Waals surface area contributed by atoms with Gasteiger partial charge in [0.25, 0.3) is 5.69 Å². The molecule has 0 radical (unpaired) electrons. The zero-order valence-corrected chi connectivity index (χ0v) is 14.7. The van der Waals surface area contributed by atoms with Crippen LogP contribution in [-0.2, 0) is 11.2 Å². The maximum Gasteiger partial charge on any atom is 0.269 e. The van der Waals surface area contributed by atoms with Gasteiger partial charge in [0.1, 0.15) is 0 Å². The van der Waals surface area contributed by atoms with Crippen LogP contribution in [0.1, 0.15) is 18.9 Å². The molecule has 0 aliphatic carbocycles. The van der Waals surface area contributed by atoms with Crippen LogP contribution in [0.25, 0.3) is 0 Å².